The van der Waals surface area contributed by atoms with Crippen LogP contribution in [0.25, 0.3) is 11.1 Å². The lowest BCUT2D eigenvalue weighted by Gasteiger charge is -2.34. The van der Waals surface area contributed by atoms with Crippen LogP contribution in [-0.4, -0.2) is 29.7 Å². The van der Waals surface area contributed by atoms with E-state index in [2.05, 4.69) is 15.2 Å². The molecule has 2 aromatic carbocycles. The SMILES string of the molecule is Cc1nn([C@H](C)[C@](O)(Cn2cncn2)c2ccc(F)cc2F)cc1-c1cccc(Cl)c1. The molecule has 0 aliphatic carbocycles. The van der Waals surface area contributed by atoms with Crippen LogP contribution in [-0.2, 0) is 12.1 Å². The van der Waals surface area contributed by atoms with Crippen molar-refractivity contribution in [1.82, 2.24) is 24.5 Å². The molecule has 6 nitrogen and oxygen atoms in total. The van der Waals surface area contributed by atoms with Gasteiger partial charge in [-0.2, -0.15) is 10.2 Å². The lowest BCUT2D eigenvalue weighted by atomic mass is 9.86. The molecule has 0 aliphatic heterocycles. The first kappa shape index (κ1) is 21.1. The maximum absolute atomic E-state index is 14.8. The first-order valence-electron chi connectivity index (χ1n) is 9.60. The molecule has 9 heteroatoms. The van der Waals surface area contributed by atoms with Crippen molar-refractivity contribution in [3.63, 3.8) is 0 Å². The van der Waals surface area contributed by atoms with Crippen LogP contribution in [0, 0.1) is 18.6 Å². The zero-order valence-corrected chi connectivity index (χ0v) is 17.6. The molecule has 0 fully saturated rings. The fraction of sp³-hybridized carbons (Fsp3) is 0.227. The average Bonchev–Trinajstić information content (AvgIpc) is 3.36. The van der Waals surface area contributed by atoms with Crippen LogP contribution in [0.15, 0.2) is 61.3 Å². The number of rotatable bonds is 6. The summed E-state index contributed by atoms with van der Waals surface area (Å²) in [6, 6.07) is 9.72. The van der Waals surface area contributed by atoms with Crippen LogP contribution < -0.4 is 0 Å². The van der Waals surface area contributed by atoms with E-state index in [0.29, 0.717) is 5.02 Å². The Hall–Kier alpha value is -3.10. The second kappa shape index (κ2) is 8.20. The highest BCUT2D eigenvalue weighted by atomic mass is 35.5. The zero-order chi connectivity index (χ0) is 22.2. The van der Waals surface area contributed by atoms with Gasteiger partial charge in [-0.1, -0.05) is 29.8 Å². The van der Waals surface area contributed by atoms with Crippen LogP contribution in [0.4, 0.5) is 8.78 Å². The molecule has 4 rings (SSSR count). The van der Waals surface area contributed by atoms with Crippen LogP contribution in [0.2, 0.25) is 5.02 Å². The Bertz CT molecular complexity index is 1210. The number of aryl methyl sites for hydroxylation is 1. The Kier molecular flexibility index (Phi) is 5.60. The molecule has 2 aromatic heterocycles. The normalized spacial score (nSPS) is 14.4. The maximum atomic E-state index is 14.8. The van der Waals surface area contributed by atoms with Crippen molar-refractivity contribution in [2.24, 2.45) is 0 Å². The van der Waals surface area contributed by atoms with Crippen LogP contribution in [0.3, 0.4) is 0 Å². The molecule has 31 heavy (non-hydrogen) atoms. The summed E-state index contributed by atoms with van der Waals surface area (Å²) in [4.78, 5) is 3.89. The molecule has 1 N–H and O–H groups in total. The van der Waals surface area contributed by atoms with Gasteiger partial charge in [0.15, 0.2) is 0 Å². The smallest absolute Gasteiger partial charge is 0.137 e. The third-order valence-corrected chi connectivity index (χ3v) is 5.64. The average molecular weight is 444 g/mol. The Morgan fingerprint density at radius 1 is 1.19 bits per heavy atom. The predicted molar refractivity (Wildman–Crippen MR) is 112 cm³/mol. The van der Waals surface area contributed by atoms with Crippen molar-refractivity contribution in [1.29, 1.82) is 0 Å². The van der Waals surface area contributed by atoms with Gasteiger partial charge in [0, 0.05) is 28.4 Å². The molecule has 0 amide bonds. The topological polar surface area (TPSA) is 68.8 Å². The van der Waals surface area contributed by atoms with E-state index in [9.17, 15) is 13.9 Å². The highest BCUT2D eigenvalue weighted by molar-refractivity contribution is 6.30. The van der Waals surface area contributed by atoms with Crippen LogP contribution in [0.5, 0.6) is 0 Å². The van der Waals surface area contributed by atoms with Gasteiger partial charge in [-0.25, -0.2) is 18.4 Å². The van der Waals surface area contributed by atoms with Gasteiger partial charge < -0.3 is 5.11 Å². The molecule has 0 spiro atoms. The Morgan fingerprint density at radius 3 is 2.68 bits per heavy atom. The largest absolute Gasteiger partial charge is 0.381 e. The first-order valence-corrected chi connectivity index (χ1v) is 9.98. The molecule has 2 heterocycles. The van der Waals surface area contributed by atoms with Gasteiger partial charge in [0.25, 0.3) is 0 Å². The van der Waals surface area contributed by atoms with E-state index in [1.807, 2.05) is 25.1 Å². The molecule has 2 atom stereocenters. The van der Waals surface area contributed by atoms with Gasteiger partial charge in [0.1, 0.15) is 29.9 Å². The maximum Gasteiger partial charge on any atom is 0.137 e. The van der Waals surface area contributed by atoms with Crippen molar-refractivity contribution in [3.05, 3.63) is 89.2 Å². The van der Waals surface area contributed by atoms with E-state index in [4.69, 9.17) is 11.6 Å². The van der Waals surface area contributed by atoms with E-state index >= 15 is 0 Å². The van der Waals surface area contributed by atoms with Gasteiger partial charge in [-0.05, 0) is 37.6 Å². The highest BCUT2D eigenvalue weighted by Crippen LogP contribution is 2.37. The first-order chi connectivity index (χ1) is 14.8. The number of hydrogen-bond donors (Lipinski definition) is 1. The zero-order valence-electron chi connectivity index (χ0n) is 16.9. The second-order valence-corrected chi connectivity index (χ2v) is 7.87. The van der Waals surface area contributed by atoms with Crippen molar-refractivity contribution in [2.75, 3.05) is 0 Å². The fourth-order valence-electron chi connectivity index (χ4n) is 3.68. The van der Waals surface area contributed by atoms with Crippen molar-refractivity contribution < 1.29 is 13.9 Å². The summed E-state index contributed by atoms with van der Waals surface area (Å²) in [7, 11) is 0. The molecular weight excluding hydrogens is 424 g/mol. The third-order valence-electron chi connectivity index (χ3n) is 5.41. The lowest BCUT2D eigenvalue weighted by Crippen LogP contribution is -2.40. The van der Waals surface area contributed by atoms with E-state index in [1.165, 1.54) is 23.4 Å². The standard InChI is InChI=1S/C22H20ClF2N5O/c1-14-19(16-4-3-5-17(23)8-16)10-30(28-14)15(2)22(31,11-29-13-26-12-27-29)20-7-6-18(24)9-21(20)25/h3-10,12-13,15,31H,11H2,1-2H3/t15-,22-/m1/s1. The lowest BCUT2D eigenvalue weighted by molar-refractivity contribution is -0.0369. The van der Waals surface area contributed by atoms with E-state index < -0.39 is 23.3 Å². The molecule has 0 aliphatic rings. The molecular formula is C22H20ClF2N5O. The summed E-state index contributed by atoms with van der Waals surface area (Å²) < 4.78 is 31.3. The van der Waals surface area contributed by atoms with Gasteiger partial charge in [0.05, 0.1) is 18.3 Å². The van der Waals surface area contributed by atoms with E-state index in [1.54, 1.807) is 23.9 Å². The summed E-state index contributed by atoms with van der Waals surface area (Å²) in [5.41, 5.74) is 0.564. The quantitative estimate of drug-likeness (QED) is 0.475. The number of nitrogens with zero attached hydrogens (tertiary/aromatic N) is 5. The van der Waals surface area contributed by atoms with E-state index in [0.717, 1.165) is 29.0 Å². The van der Waals surface area contributed by atoms with Gasteiger partial charge in [-0.15, -0.1) is 0 Å². The predicted octanol–water partition coefficient (Wildman–Crippen LogP) is 4.53. The molecule has 0 saturated carbocycles. The Morgan fingerprint density at radius 2 is 2.00 bits per heavy atom. The van der Waals surface area contributed by atoms with Crippen LogP contribution in [0.1, 0.15) is 24.2 Å². The van der Waals surface area contributed by atoms with Crippen molar-refractivity contribution in [3.8, 4) is 11.1 Å². The number of halogens is 3. The summed E-state index contributed by atoms with van der Waals surface area (Å²) in [5, 5.41) is 20.9. The van der Waals surface area contributed by atoms with Crippen molar-refractivity contribution in [2.45, 2.75) is 32.0 Å². The third kappa shape index (κ3) is 4.08. The summed E-state index contributed by atoms with van der Waals surface area (Å²) >= 11 is 6.12. The molecule has 0 bridgehead atoms. The molecule has 4 aromatic rings. The van der Waals surface area contributed by atoms with Crippen molar-refractivity contribution >= 4 is 11.6 Å². The molecule has 0 unspecified atom stereocenters. The minimum atomic E-state index is -1.80. The number of aliphatic hydroxyl groups is 1. The molecule has 0 saturated heterocycles. The minimum Gasteiger partial charge on any atom is -0.381 e. The highest BCUT2D eigenvalue weighted by Gasteiger charge is 2.41. The number of hydrogen-bond acceptors (Lipinski definition) is 4. The number of benzene rings is 2. The second-order valence-electron chi connectivity index (χ2n) is 7.44. The fourth-order valence-corrected chi connectivity index (χ4v) is 3.87. The summed E-state index contributed by atoms with van der Waals surface area (Å²) in [6.07, 6.45) is 4.52. The minimum absolute atomic E-state index is 0.0608. The summed E-state index contributed by atoms with van der Waals surface area (Å²) in [6.45, 7) is 3.45. The van der Waals surface area contributed by atoms with E-state index in [-0.39, 0.29) is 12.1 Å². The monoisotopic (exact) mass is 443 g/mol. The molecule has 160 valence electrons. The molecule has 0 radical (unpaired) electrons. The van der Waals surface area contributed by atoms with Gasteiger partial charge >= 0.3 is 0 Å². The Labute approximate surface area is 182 Å². The van der Waals surface area contributed by atoms with Gasteiger partial charge in [0.2, 0.25) is 0 Å². The Balaban J connectivity index is 1.79. The van der Waals surface area contributed by atoms with Gasteiger partial charge in [-0.3, -0.25) is 4.68 Å². The number of aromatic nitrogens is 5. The summed E-state index contributed by atoms with van der Waals surface area (Å²) in [5.74, 6) is -1.58. The van der Waals surface area contributed by atoms with Crippen LogP contribution >= 0.6 is 11.6 Å².